The maximum atomic E-state index is 9.83. The molecule has 0 saturated heterocycles. The molecule has 1 unspecified atom stereocenters. The van der Waals surface area contributed by atoms with E-state index in [1.54, 1.807) is 19.3 Å². The lowest BCUT2D eigenvalue weighted by Gasteiger charge is -2.24. The van der Waals surface area contributed by atoms with Gasteiger partial charge < -0.3 is 10.0 Å². The standard InChI is InChI=1S/C15H19N3O/c1-3-18(11-13-7-4-5-9-16-13)15-14(12(2)19)8-6-10-17-15/h4-10,12,19H,3,11H2,1-2H3. The summed E-state index contributed by atoms with van der Waals surface area (Å²) in [5, 5.41) is 9.83. The van der Waals surface area contributed by atoms with E-state index >= 15 is 0 Å². The molecular formula is C15H19N3O. The van der Waals surface area contributed by atoms with Crippen molar-refractivity contribution in [1.82, 2.24) is 9.97 Å². The molecule has 0 aromatic carbocycles. The largest absolute Gasteiger partial charge is 0.389 e. The Kier molecular flexibility index (Phi) is 4.47. The van der Waals surface area contributed by atoms with Gasteiger partial charge in [0.15, 0.2) is 0 Å². The van der Waals surface area contributed by atoms with Crippen molar-refractivity contribution in [2.45, 2.75) is 26.5 Å². The third kappa shape index (κ3) is 3.29. The number of nitrogens with zero attached hydrogens (tertiary/aromatic N) is 3. The van der Waals surface area contributed by atoms with Gasteiger partial charge >= 0.3 is 0 Å². The summed E-state index contributed by atoms with van der Waals surface area (Å²) in [4.78, 5) is 10.9. The highest BCUT2D eigenvalue weighted by atomic mass is 16.3. The normalized spacial score (nSPS) is 12.2. The molecule has 4 heteroatoms. The van der Waals surface area contributed by atoms with Crippen LogP contribution >= 0.6 is 0 Å². The monoisotopic (exact) mass is 257 g/mol. The van der Waals surface area contributed by atoms with E-state index in [9.17, 15) is 5.11 Å². The minimum absolute atomic E-state index is 0.526. The van der Waals surface area contributed by atoms with E-state index in [2.05, 4.69) is 21.8 Å². The molecule has 1 N–H and O–H groups in total. The van der Waals surface area contributed by atoms with Crippen LogP contribution < -0.4 is 4.90 Å². The highest BCUT2D eigenvalue weighted by molar-refractivity contribution is 5.47. The van der Waals surface area contributed by atoms with E-state index in [0.717, 1.165) is 23.6 Å². The van der Waals surface area contributed by atoms with Crippen LogP contribution in [0.15, 0.2) is 42.7 Å². The molecule has 0 amide bonds. The predicted molar refractivity (Wildman–Crippen MR) is 75.8 cm³/mol. The van der Waals surface area contributed by atoms with Crippen LogP contribution in [-0.4, -0.2) is 21.6 Å². The molecule has 4 nitrogen and oxygen atoms in total. The number of aromatic nitrogens is 2. The molecule has 1 atom stereocenters. The van der Waals surface area contributed by atoms with Crippen molar-refractivity contribution in [2.75, 3.05) is 11.4 Å². The molecule has 2 aromatic rings. The maximum absolute atomic E-state index is 9.83. The van der Waals surface area contributed by atoms with Crippen LogP contribution in [0.5, 0.6) is 0 Å². The lowest BCUT2D eigenvalue weighted by molar-refractivity contribution is 0.199. The minimum atomic E-state index is -0.526. The molecule has 0 bridgehead atoms. The summed E-state index contributed by atoms with van der Waals surface area (Å²) >= 11 is 0. The van der Waals surface area contributed by atoms with Gasteiger partial charge in [-0.15, -0.1) is 0 Å². The molecule has 0 aliphatic carbocycles. The van der Waals surface area contributed by atoms with E-state index in [0.29, 0.717) is 6.54 Å². The lowest BCUT2D eigenvalue weighted by atomic mass is 10.1. The van der Waals surface area contributed by atoms with Crippen LogP contribution in [0, 0.1) is 0 Å². The Bertz CT molecular complexity index is 514. The molecule has 0 saturated carbocycles. The Morgan fingerprint density at radius 3 is 2.58 bits per heavy atom. The summed E-state index contributed by atoms with van der Waals surface area (Å²) < 4.78 is 0. The Balaban J connectivity index is 2.27. The molecule has 0 fully saturated rings. The van der Waals surface area contributed by atoms with Gasteiger partial charge in [0.05, 0.1) is 18.3 Å². The summed E-state index contributed by atoms with van der Waals surface area (Å²) in [5.74, 6) is 0.825. The molecule has 0 aliphatic heterocycles. The zero-order valence-corrected chi connectivity index (χ0v) is 11.3. The third-order valence-corrected chi connectivity index (χ3v) is 3.03. The number of anilines is 1. The van der Waals surface area contributed by atoms with Crippen molar-refractivity contribution < 1.29 is 5.11 Å². The highest BCUT2D eigenvalue weighted by Gasteiger charge is 2.14. The number of hydrogen-bond donors (Lipinski definition) is 1. The Hall–Kier alpha value is -1.94. The number of rotatable bonds is 5. The van der Waals surface area contributed by atoms with E-state index in [1.807, 2.05) is 30.3 Å². The average molecular weight is 257 g/mol. The van der Waals surface area contributed by atoms with Gasteiger partial charge in [-0.05, 0) is 32.0 Å². The zero-order valence-electron chi connectivity index (χ0n) is 11.3. The smallest absolute Gasteiger partial charge is 0.134 e. The van der Waals surface area contributed by atoms with Crippen LogP contribution in [0.25, 0.3) is 0 Å². The van der Waals surface area contributed by atoms with Crippen LogP contribution in [0.3, 0.4) is 0 Å². The molecule has 0 spiro atoms. The number of hydrogen-bond acceptors (Lipinski definition) is 4. The Morgan fingerprint density at radius 2 is 1.95 bits per heavy atom. The molecular weight excluding hydrogens is 238 g/mol. The van der Waals surface area contributed by atoms with Crippen molar-refractivity contribution in [3.8, 4) is 0 Å². The van der Waals surface area contributed by atoms with E-state index in [4.69, 9.17) is 0 Å². The first-order valence-electron chi connectivity index (χ1n) is 6.50. The van der Waals surface area contributed by atoms with Gasteiger partial charge in [0.1, 0.15) is 5.82 Å². The number of aliphatic hydroxyl groups excluding tert-OH is 1. The number of aliphatic hydroxyl groups is 1. The van der Waals surface area contributed by atoms with Gasteiger partial charge in [-0.1, -0.05) is 12.1 Å². The molecule has 2 rings (SSSR count). The predicted octanol–water partition coefficient (Wildman–Crippen LogP) is 2.56. The van der Waals surface area contributed by atoms with Crippen LogP contribution in [-0.2, 0) is 6.54 Å². The van der Waals surface area contributed by atoms with Crippen LogP contribution in [0.1, 0.15) is 31.2 Å². The lowest BCUT2D eigenvalue weighted by Crippen LogP contribution is -2.25. The quantitative estimate of drug-likeness (QED) is 0.894. The van der Waals surface area contributed by atoms with Crippen molar-refractivity contribution in [2.24, 2.45) is 0 Å². The fourth-order valence-corrected chi connectivity index (χ4v) is 2.02. The second-order valence-corrected chi connectivity index (χ2v) is 4.43. The SMILES string of the molecule is CCN(Cc1ccccn1)c1ncccc1C(C)O. The number of pyridine rings is 2. The molecule has 19 heavy (non-hydrogen) atoms. The van der Waals surface area contributed by atoms with Gasteiger partial charge in [0.25, 0.3) is 0 Å². The first-order chi connectivity index (χ1) is 9.22. The van der Waals surface area contributed by atoms with Crippen molar-refractivity contribution >= 4 is 5.82 Å². The van der Waals surface area contributed by atoms with E-state index in [-0.39, 0.29) is 0 Å². The van der Waals surface area contributed by atoms with Crippen LogP contribution in [0.4, 0.5) is 5.82 Å². The highest BCUT2D eigenvalue weighted by Crippen LogP contribution is 2.24. The molecule has 2 aromatic heterocycles. The Labute approximate surface area is 113 Å². The Morgan fingerprint density at radius 1 is 1.16 bits per heavy atom. The minimum Gasteiger partial charge on any atom is -0.389 e. The molecule has 100 valence electrons. The summed E-state index contributed by atoms with van der Waals surface area (Å²) in [6.07, 6.45) is 3.01. The maximum Gasteiger partial charge on any atom is 0.134 e. The van der Waals surface area contributed by atoms with Crippen LogP contribution in [0.2, 0.25) is 0 Å². The second-order valence-electron chi connectivity index (χ2n) is 4.43. The van der Waals surface area contributed by atoms with Gasteiger partial charge in [0.2, 0.25) is 0 Å². The zero-order chi connectivity index (χ0) is 13.7. The second kappa shape index (κ2) is 6.29. The summed E-state index contributed by atoms with van der Waals surface area (Å²) in [7, 11) is 0. The fourth-order valence-electron chi connectivity index (χ4n) is 2.02. The van der Waals surface area contributed by atoms with Crippen molar-refractivity contribution in [1.29, 1.82) is 0 Å². The molecule has 2 heterocycles. The molecule has 0 radical (unpaired) electrons. The first kappa shape index (κ1) is 13.5. The third-order valence-electron chi connectivity index (χ3n) is 3.03. The average Bonchev–Trinajstić information content (AvgIpc) is 2.46. The summed E-state index contributed by atoms with van der Waals surface area (Å²) in [6.45, 7) is 5.33. The van der Waals surface area contributed by atoms with Crippen molar-refractivity contribution in [3.05, 3.63) is 54.0 Å². The van der Waals surface area contributed by atoms with E-state index < -0.39 is 6.10 Å². The summed E-state index contributed by atoms with van der Waals surface area (Å²) in [5.41, 5.74) is 1.84. The topological polar surface area (TPSA) is 49.2 Å². The van der Waals surface area contributed by atoms with Gasteiger partial charge in [0, 0.05) is 24.5 Å². The molecule has 0 aliphatic rings. The van der Waals surface area contributed by atoms with E-state index in [1.165, 1.54) is 0 Å². The fraction of sp³-hybridized carbons (Fsp3) is 0.333. The van der Waals surface area contributed by atoms with Gasteiger partial charge in [-0.2, -0.15) is 0 Å². The van der Waals surface area contributed by atoms with Gasteiger partial charge in [-0.25, -0.2) is 4.98 Å². The summed E-state index contributed by atoms with van der Waals surface area (Å²) in [6, 6.07) is 9.63. The van der Waals surface area contributed by atoms with Crippen molar-refractivity contribution in [3.63, 3.8) is 0 Å². The van der Waals surface area contributed by atoms with Gasteiger partial charge in [-0.3, -0.25) is 4.98 Å². The first-order valence-corrected chi connectivity index (χ1v) is 6.50.